The number of likely N-dealkylation sites (tertiary alicyclic amines) is 3. The second-order valence-corrected chi connectivity index (χ2v) is 36.9. The molecule has 15 atom stereocenters. The summed E-state index contributed by atoms with van der Waals surface area (Å²) in [4.78, 5) is 150. The zero-order valence-corrected chi connectivity index (χ0v) is 79.6. The first-order valence-corrected chi connectivity index (χ1v) is 47.8. The summed E-state index contributed by atoms with van der Waals surface area (Å²) >= 11 is 0. The Morgan fingerprint density at radius 1 is 0.369 bits per heavy atom. The molecular weight excluding hydrogens is 1710 g/mol. The van der Waals surface area contributed by atoms with Gasteiger partial charge in [0.25, 0.3) is 0 Å². The van der Waals surface area contributed by atoms with Crippen molar-refractivity contribution < 1.29 is 167 Å². The topological polar surface area (TPSA) is 574 Å². The van der Waals surface area contributed by atoms with Gasteiger partial charge in [-0.1, -0.05) is 25.7 Å². The quantitative estimate of drug-likeness (QED) is 0.0204. The van der Waals surface area contributed by atoms with Crippen molar-refractivity contribution in [3.63, 3.8) is 0 Å². The first-order chi connectivity index (χ1) is 61.9. The van der Waals surface area contributed by atoms with E-state index in [1.807, 2.05) is 14.7 Å². The largest absolute Gasteiger partial charge is 1.00 e. The predicted molar refractivity (Wildman–Crippen MR) is 466 cm³/mol. The monoisotopic (exact) mass is 1860 g/mol. The molecule has 15 unspecified atom stereocenters. The van der Waals surface area contributed by atoms with Crippen molar-refractivity contribution in [2.24, 2.45) is 28.1 Å². The Bertz CT molecular complexity index is 3260. The Hall–Kier alpha value is -5.51. The fourth-order valence-electron chi connectivity index (χ4n) is 19.3. The fourth-order valence-corrected chi connectivity index (χ4v) is 19.3. The summed E-state index contributed by atoms with van der Waals surface area (Å²) in [6.07, 6.45) is 4.72. The summed E-state index contributed by atoms with van der Waals surface area (Å²) < 4.78 is 34.2. The summed E-state index contributed by atoms with van der Waals surface area (Å²) in [5.41, 5.74) is -1.06. The smallest absolute Gasteiger partial charge is 0.854 e. The van der Waals surface area contributed by atoms with E-state index < -0.39 is 140 Å². The van der Waals surface area contributed by atoms with Crippen LogP contribution in [0.1, 0.15) is 258 Å². The number of piperidine rings is 3. The van der Waals surface area contributed by atoms with Crippen LogP contribution < -0.4 is 77.2 Å². The number of ether oxygens (including phenoxy) is 6. The van der Waals surface area contributed by atoms with E-state index in [4.69, 9.17) is 28.4 Å². The van der Waals surface area contributed by atoms with Crippen molar-refractivity contribution in [2.45, 2.75) is 350 Å². The third kappa shape index (κ3) is 37.2. The van der Waals surface area contributed by atoms with Crippen LogP contribution in [0.4, 0.5) is 0 Å². The number of carbonyl (C=O) groups is 11. The number of hydrogen-bond acceptors (Lipinski definition) is 28. The fraction of sp³-hybridized carbons (Fsp3) is 0.878. The van der Waals surface area contributed by atoms with Crippen molar-refractivity contribution in [2.75, 3.05) is 125 Å². The van der Waals surface area contributed by atoms with Crippen LogP contribution in [0, 0.1) is 28.1 Å². The van der Waals surface area contributed by atoms with E-state index in [-0.39, 0.29) is 166 Å². The molecule has 39 nitrogen and oxygen atoms in total. The maximum Gasteiger partial charge on any atom is 1.00 e. The molecule has 1 saturated carbocycles. The summed E-state index contributed by atoms with van der Waals surface area (Å²) in [5, 5.41) is 136. The van der Waals surface area contributed by atoms with Crippen LogP contribution in [0.2, 0.25) is 0 Å². The standard InChI is InChI=1S/C90H156N11O28.Na/c1-60(107)96-76-82(121)79(118)65(54-102)127-85(76)124-51-19-12-23-68(110)91-41-15-4-8-22-71(113)95-57-90(34-29-72(114)94-44-18-7-11-28-75(117)101-49-39-88(40-50-101)35-37-89(58-105,59-106)38-36-88,63-30-45-99(46-31-63)73(115)26-9-5-16-42-92-69(111)24-13-20-52-125-86-77(97-61(2)108)83(122)80(119)66(55-103)128-86)64-32-47-100(48-33-64)74(116)27-10-6-17-43-93-70(112)25-14-21-53-126-87-78(98-62(3)109)84(123)81(120)67(56-104)129-87;/h63-67,76-87,102-105,118-123H,4-59H2,1-3H3,(H,91,110)(H,92,111)(H,93,112)(H,94,114)(H,95,113)(H,96,107)(H,97,108)(H,98,109);/q-1;+1. The van der Waals surface area contributed by atoms with Crippen LogP contribution in [0.3, 0.4) is 0 Å². The minimum absolute atomic E-state index is 0. The number of hydrogen-bond donors (Lipinski definition) is 18. The van der Waals surface area contributed by atoms with Gasteiger partial charge in [0.2, 0.25) is 65.0 Å². The molecule has 7 fully saturated rings. The third-order valence-corrected chi connectivity index (χ3v) is 27.5. The SMILES string of the molecule is CC(=O)NC1C(OCCCCC(=O)NCCCCCC(=O)NCC(CCC(=O)NCCCCCC(=O)N2CCC3(CC2)CCC(C[O-])(CO)CC3)(C2CCN(C(=O)CCCCCNC(=O)CCCCOC3OC(CO)C(O)C(O)C3NC(C)=O)CC2)C2CCN(C(=O)CCCCCNC(=O)CCCCOC3OC(CO)C(O)C(O)C3NC(C)=O)CC2)OC(CO)C(O)C1O.[Na+]. The maximum atomic E-state index is 14.3. The molecule has 0 bridgehead atoms. The minimum Gasteiger partial charge on any atom is -0.854 e. The Balaban J connectivity index is 0.0000260. The van der Waals surface area contributed by atoms with E-state index in [1.54, 1.807) is 0 Å². The molecule has 7 rings (SSSR count). The van der Waals surface area contributed by atoms with Crippen LogP contribution in [-0.2, 0) is 81.2 Å². The maximum absolute atomic E-state index is 14.3. The molecule has 0 radical (unpaired) electrons. The number of nitrogens with one attached hydrogen (secondary N) is 8. The van der Waals surface area contributed by atoms with E-state index in [9.17, 15) is 109 Å². The van der Waals surface area contributed by atoms with Crippen LogP contribution in [-0.4, -0.2) is 348 Å². The van der Waals surface area contributed by atoms with Gasteiger partial charge < -0.3 is 142 Å². The summed E-state index contributed by atoms with van der Waals surface area (Å²) in [6, 6.07) is -3.23. The van der Waals surface area contributed by atoms with Crippen molar-refractivity contribution in [1.29, 1.82) is 0 Å². The molecule has 0 aromatic carbocycles. The van der Waals surface area contributed by atoms with Gasteiger partial charge in [-0.25, -0.2) is 0 Å². The molecule has 6 saturated heterocycles. The molecular formula is C90H156N11NaO28. The van der Waals surface area contributed by atoms with Crippen molar-refractivity contribution in [3.8, 4) is 0 Å². The number of nitrogens with zero attached hydrogens (tertiary/aromatic N) is 3. The zero-order chi connectivity index (χ0) is 93.9. The first-order valence-electron chi connectivity index (χ1n) is 47.8. The third-order valence-electron chi connectivity index (χ3n) is 27.5. The molecule has 1 spiro atoms. The van der Waals surface area contributed by atoms with Crippen molar-refractivity contribution in [1.82, 2.24) is 57.2 Å². The number of rotatable bonds is 57. The van der Waals surface area contributed by atoms with Crippen LogP contribution >= 0.6 is 0 Å². The van der Waals surface area contributed by atoms with Crippen LogP contribution in [0.5, 0.6) is 0 Å². The number of aliphatic hydroxyl groups excluding tert-OH is 10. The van der Waals surface area contributed by atoms with Gasteiger partial charge in [-0.2, -0.15) is 0 Å². The zero-order valence-electron chi connectivity index (χ0n) is 77.6. The minimum atomic E-state index is -1.45. The predicted octanol–water partition coefficient (Wildman–Crippen LogP) is -4.03. The van der Waals surface area contributed by atoms with Gasteiger partial charge in [0.15, 0.2) is 18.9 Å². The second-order valence-electron chi connectivity index (χ2n) is 36.9. The Kier molecular flexibility index (Phi) is 52.4. The van der Waals surface area contributed by atoms with E-state index >= 15 is 0 Å². The van der Waals surface area contributed by atoms with Crippen LogP contribution in [0.15, 0.2) is 0 Å². The molecule has 130 heavy (non-hydrogen) atoms. The van der Waals surface area contributed by atoms with Gasteiger partial charge in [0, 0.05) is 171 Å². The Labute approximate surface area is 787 Å². The molecule has 1 aliphatic carbocycles. The van der Waals surface area contributed by atoms with E-state index in [0.29, 0.717) is 226 Å². The van der Waals surface area contributed by atoms with E-state index in [0.717, 1.165) is 44.9 Å². The summed E-state index contributed by atoms with van der Waals surface area (Å²) in [6.45, 7) is 7.03. The number of aliphatic hydroxyl groups is 10. The molecule has 18 N–H and O–H groups in total. The number of unbranched alkanes of at least 4 members (excludes halogenated alkanes) is 11. The van der Waals surface area contributed by atoms with Crippen LogP contribution in [0.25, 0.3) is 0 Å². The van der Waals surface area contributed by atoms with Gasteiger partial charge in [0.05, 0.1) is 19.8 Å². The van der Waals surface area contributed by atoms with Gasteiger partial charge >= 0.3 is 29.6 Å². The van der Waals surface area contributed by atoms with Gasteiger partial charge in [-0.15, -0.1) is 6.61 Å². The normalized spacial score (nSPS) is 26.3. The molecule has 6 aliphatic heterocycles. The summed E-state index contributed by atoms with van der Waals surface area (Å²) in [5.74, 6) is -2.19. The number of amides is 11. The molecule has 740 valence electrons. The Morgan fingerprint density at radius 3 is 0.962 bits per heavy atom. The molecule has 0 aromatic heterocycles. The van der Waals surface area contributed by atoms with Gasteiger partial charge in [0.1, 0.15) is 73.1 Å². The first kappa shape index (κ1) is 113. The van der Waals surface area contributed by atoms with Crippen molar-refractivity contribution in [3.05, 3.63) is 0 Å². The van der Waals surface area contributed by atoms with E-state index in [1.165, 1.54) is 20.8 Å². The number of carbonyl (C=O) groups excluding carboxylic acids is 11. The Morgan fingerprint density at radius 2 is 0.662 bits per heavy atom. The summed E-state index contributed by atoms with van der Waals surface area (Å²) in [7, 11) is 0. The van der Waals surface area contributed by atoms with E-state index in [2.05, 4.69) is 42.5 Å². The molecule has 0 aromatic rings. The van der Waals surface area contributed by atoms with Gasteiger partial charge in [-0.3, -0.25) is 52.7 Å². The average Bonchev–Trinajstić information content (AvgIpc) is 0.768. The molecule has 11 amide bonds. The second kappa shape index (κ2) is 60.2. The van der Waals surface area contributed by atoms with Crippen molar-refractivity contribution >= 4 is 65.0 Å². The van der Waals surface area contributed by atoms with Gasteiger partial charge in [-0.05, 0) is 189 Å². The molecule has 6 heterocycles. The molecule has 7 aliphatic rings. The molecule has 40 heteroatoms. The average molecular weight is 1860 g/mol.